The van der Waals surface area contributed by atoms with Gasteiger partial charge in [0, 0.05) is 25.2 Å². The molecule has 2 heterocycles. The maximum Gasteiger partial charge on any atom is 0.117 e. The molecule has 0 amide bonds. The van der Waals surface area contributed by atoms with Crippen molar-refractivity contribution in [3.05, 3.63) is 24.2 Å². The average molecular weight is 224 g/mol. The Morgan fingerprint density at radius 3 is 3.12 bits per heavy atom. The number of rotatable bonds is 2. The molecule has 0 aliphatic carbocycles. The molecule has 16 heavy (non-hydrogen) atoms. The fourth-order valence-corrected chi connectivity index (χ4v) is 2.09. The lowest BCUT2D eigenvalue weighted by Crippen LogP contribution is -2.48. The summed E-state index contributed by atoms with van der Waals surface area (Å²) in [6, 6.07) is 3.87. The fraction of sp³-hybridized carbons (Fsp3) is 0.667. The molecule has 4 heteroatoms. The second-order valence-corrected chi connectivity index (χ2v) is 5.06. The standard InChI is InChI=1S/C12H20N2O2/c1-12(2)9-13-6-10(15)7-14(12)8-11-4-3-5-16-11/h3-5,10,13,15H,6-9H2,1-2H3. The molecule has 2 rings (SSSR count). The molecule has 0 bridgehead atoms. The SMILES string of the molecule is CC1(C)CNCC(O)CN1Cc1ccco1. The van der Waals surface area contributed by atoms with Gasteiger partial charge in [-0.05, 0) is 26.0 Å². The van der Waals surface area contributed by atoms with E-state index in [1.54, 1.807) is 6.26 Å². The zero-order valence-corrected chi connectivity index (χ0v) is 9.94. The van der Waals surface area contributed by atoms with Gasteiger partial charge in [-0.1, -0.05) is 0 Å². The molecule has 4 nitrogen and oxygen atoms in total. The van der Waals surface area contributed by atoms with Crippen LogP contribution in [-0.4, -0.2) is 41.3 Å². The van der Waals surface area contributed by atoms with E-state index in [0.29, 0.717) is 13.1 Å². The summed E-state index contributed by atoms with van der Waals surface area (Å²) in [5.41, 5.74) is 0.0320. The molecule has 0 spiro atoms. The maximum absolute atomic E-state index is 9.79. The molecule has 0 aromatic carbocycles. The topological polar surface area (TPSA) is 48.6 Å². The average Bonchev–Trinajstić information content (AvgIpc) is 2.64. The van der Waals surface area contributed by atoms with E-state index in [4.69, 9.17) is 4.42 Å². The first-order valence-corrected chi connectivity index (χ1v) is 5.74. The molecular weight excluding hydrogens is 204 g/mol. The molecule has 1 aliphatic heterocycles. The van der Waals surface area contributed by atoms with Crippen LogP contribution in [0.2, 0.25) is 0 Å². The monoisotopic (exact) mass is 224 g/mol. The van der Waals surface area contributed by atoms with Gasteiger partial charge in [0.15, 0.2) is 0 Å². The summed E-state index contributed by atoms with van der Waals surface area (Å²) in [5, 5.41) is 13.1. The zero-order valence-electron chi connectivity index (χ0n) is 9.94. The number of furan rings is 1. The highest BCUT2D eigenvalue weighted by Crippen LogP contribution is 2.19. The van der Waals surface area contributed by atoms with Crippen molar-refractivity contribution in [1.29, 1.82) is 0 Å². The Hall–Kier alpha value is -0.840. The molecule has 1 aromatic heterocycles. The summed E-state index contributed by atoms with van der Waals surface area (Å²) in [5.74, 6) is 0.946. The highest BCUT2D eigenvalue weighted by atomic mass is 16.3. The zero-order chi connectivity index (χ0) is 11.6. The van der Waals surface area contributed by atoms with Crippen LogP contribution in [0.15, 0.2) is 22.8 Å². The first-order chi connectivity index (χ1) is 7.58. The minimum Gasteiger partial charge on any atom is -0.468 e. The van der Waals surface area contributed by atoms with Crippen molar-refractivity contribution in [1.82, 2.24) is 10.2 Å². The van der Waals surface area contributed by atoms with Gasteiger partial charge in [0.2, 0.25) is 0 Å². The first kappa shape index (κ1) is 11.6. The van der Waals surface area contributed by atoms with Crippen LogP contribution in [0.4, 0.5) is 0 Å². The Morgan fingerprint density at radius 1 is 1.62 bits per heavy atom. The van der Waals surface area contributed by atoms with Crippen LogP contribution in [-0.2, 0) is 6.54 Å². The highest BCUT2D eigenvalue weighted by molar-refractivity contribution is 5.00. The molecule has 1 atom stereocenters. The Labute approximate surface area is 96.2 Å². The third kappa shape index (κ3) is 2.64. The van der Waals surface area contributed by atoms with Crippen LogP contribution in [0.5, 0.6) is 0 Å². The predicted octanol–water partition coefficient (Wildman–Crippen LogP) is 0.824. The van der Waals surface area contributed by atoms with Crippen molar-refractivity contribution in [2.45, 2.75) is 32.0 Å². The molecule has 1 saturated heterocycles. The number of aliphatic hydroxyl groups is 1. The van der Waals surface area contributed by atoms with Crippen LogP contribution >= 0.6 is 0 Å². The van der Waals surface area contributed by atoms with Gasteiger partial charge in [-0.25, -0.2) is 0 Å². The van der Waals surface area contributed by atoms with Crippen molar-refractivity contribution in [3.8, 4) is 0 Å². The third-order valence-electron chi connectivity index (χ3n) is 3.15. The lowest BCUT2D eigenvalue weighted by molar-refractivity contribution is 0.0650. The lowest BCUT2D eigenvalue weighted by Gasteiger charge is -2.36. The summed E-state index contributed by atoms with van der Waals surface area (Å²) in [4.78, 5) is 2.26. The Kier molecular flexibility index (Phi) is 3.33. The molecule has 90 valence electrons. The molecule has 1 fully saturated rings. The summed E-state index contributed by atoms with van der Waals surface area (Å²) >= 11 is 0. The molecule has 0 radical (unpaired) electrons. The molecule has 0 saturated carbocycles. The van der Waals surface area contributed by atoms with Gasteiger partial charge in [0.25, 0.3) is 0 Å². The minimum atomic E-state index is -0.309. The normalized spacial score (nSPS) is 26.6. The smallest absolute Gasteiger partial charge is 0.117 e. The van der Waals surface area contributed by atoms with E-state index in [0.717, 1.165) is 18.8 Å². The molecule has 1 unspecified atom stereocenters. The van der Waals surface area contributed by atoms with Crippen molar-refractivity contribution in [2.75, 3.05) is 19.6 Å². The molecule has 2 N–H and O–H groups in total. The number of nitrogens with one attached hydrogen (secondary N) is 1. The van der Waals surface area contributed by atoms with Crippen LogP contribution < -0.4 is 5.32 Å². The minimum absolute atomic E-state index is 0.0320. The Balaban J connectivity index is 2.09. The molecule has 1 aromatic rings. The van der Waals surface area contributed by atoms with Crippen molar-refractivity contribution in [2.24, 2.45) is 0 Å². The van der Waals surface area contributed by atoms with Gasteiger partial charge in [0.05, 0.1) is 18.9 Å². The van der Waals surface area contributed by atoms with Gasteiger partial charge in [-0.3, -0.25) is 4.90 Å². The predicted molar refractivity (Wildman–Crippen MR) is 62.1 cm³/mol. The van der Waals surface area contributed by atoms with Crippen LogP contribution in [0.3, 0.4) is 0 Å². The lowest BCUT2D eigenvalue weighted by atomic mass is 10.0. The number of hydrogen-bond acceptors (Lipinski definition) is 4. The van der Waals surface area contributed by atoms with E-state index < -0.39 is 0 Å². The fourth-order valence-electron chi connectivity index (χ4n) is 2.09. The van der Waals surface area contributed by atoms with Gasteiger partial charge < -0.3 is 14.8 Å². The summed E-state index contributed by atoms with van der Waals surface area (Å²) in [7, 11) is 0. The Morgan fingerprint density at radius 2 is 2.44 bits per heavy atom. The number of β-amino-alcohol motifs (C(OH)–C–C–N with tert-alkyl or cyclic N) is 1. The number of hydrogen-bond donors (Lipinski definition) is 2. The summed E-state index contributed by atoms with van der Waals surface area (Å²) in [6.45, 7) is 7.34. The molecular formula is C12H20N2O2. The van der Waals surface area contributed by atoms with Crippen LogP contribution in [0.25, 0.3) is 0 Å². The second kappa shape index (κ2) is 4.57. The van der Waals surface area contributed by atoms with Crippen molar-refractivity contribution in [3.63, 3.8) is 0 Å². The number of aliphatic hydroxyl groups excluding tert-OH is 1. The van der Waals surface area contributed by atoms with E-state index in [1.807, 2.05) is 12.1 Å². The van der Waals surface area contributed by atoms with Gasteiger partial charge >= 0.3 is 0 Å². The van der Waals surface area contributed by atoms with Gasteiger partial charge in [0.1, 0.15) is 5.76 Å². The van der Waals surface area contributed by atoms with E-state index in [1.165, 1.54) is 0 Å². The largest absolute Gasteiger partial charge is 0.468 e. The van der Waals surface area contributed by atoms with Gasteiger partial charge in [-0.15, -0.1) is 0 Å². The number of nitrogens with zero attached hydrogens (tertiary/aromatic N) is 1. The molecule has 1 aliphatic rings. The summed E-state index contributed by atoms with van der Waals surface area (Å²) < 4.78 is 5.36. The van der Waals surface area contributed by atoms with E-state index >= 15 is 0 Å². The first-order valence-electron chi connectivity index (χ1n) is 5.74. The van der Waals surface area contributed by atoms with E-state index in [-0.39, 0.29) is 11.6 Å². The maximum atomic E-state index is 9.79. The highest BCUT2D eigenvalue weighted by Gasteiger charge is 2.31. The summed E-state index contributed by atoms with van der Waals surface area (Å²) in [6.07, 6.45) is 1.38. The third-order valence-corrected chi connectivity index (χ3v) is 3.15. The van der Waals surface area contributed by atoms with Gasteiger partial charge in [-0.2, -0.15) is 0 Å². The van der Waals surface area contributed by atoms with Crippen molar-refractivity contribution < 1.29 is 9.52 Å². The van der Waals surface area contributed by atoms with Crippen LogP contribution in [0.1, 0.15) is 19.6 Å². The quantitative estimate of drug-likeness (QED) is 0.781. The van der Waals surface area contributed by atoms with E-state index in [9.17, 15) is 5.11 Å². The van der Waals surface area contributed by atoms with E-state index in [2.05, 4.69) is 24.1 Å². The Bertz CT molecular complexity index is 322. The second-order valence-electron chi connectivity index (χ2n) is 5.06. The van der Waals surface area contributed by atoms with Crippen LogP contribution in [0, 0.1) is 0 Å². The van der Waals surface area contributed by atoms with Crippen molar-refractivity contribution >= 4 is 0 Å².